The molecule has 2 aromatic carbocycles. The molecule has 3 aromatic rings. The van der Waals surface area contributed by atoms with Crippen LogP contribution >= 0.6 is 7.92 Å². The first kappa shape index (κ1) is 17.2. The van der Waals surface area contributed by atoms with E-state index in [1.807, 2.05) is 0 Å². The van der Waals surface area contributed by atoms with Gasteiger partial charge in [-0.1, -0.05) is 71.9 Å². The molecule has 0 saturated heterocycles. The average Bonchev–Trinajstić information content (AvgIpc) is 2.83. The highest BCUT2D eigenvalue weighted by Gasteiger charge is 2.39. The first-order valence-electron chi connectivity index (χ1n) is 8.53. The summed E-state index contributed by atoms with van der Waals surface area (Å²) in [6.45, 7) is 14.1. The molecule has 0 N–H and O–H groups in total. The van der Waals surface area contributed by atoms with Crippen molar-refractivity contribution in [1.29, 1.82) is 0 Å². The van der Waals surface area contributed by atoms with Crippen molar-refractivity contribution < 1.29 is 0 Å². The fourth-order valence-electron chi connectivity index (χ4n) is 3.60. The molecule has 0 amide bonds. The van der Waals surface area contributed by atoms with Gasteiger partial charge in [0.2, 0.25) is 0 Å². The Morgan fingerprint density at radius 3 is 1.88 bits per heavy atom. The maximum absolute atomic E-state index is 5.11. The first-order chi connectivity index (χ1) is 11.2. The third kappa shape index (κ3) is 3.13. The molecule has 126 valence electrons. The Morgan fingerprint density at radius 2 is 1.29 bits per heavy atom. The number of para-hydroxylation sites is 3. The van der Waals surface area contributed by atoms with Gasteiger partial charge in [0.15, 0.2) is 0 Å². The van der Waals surface area contributed by atoms with Crippen LogP contribution in [0.1, 0.15) is 41.5 Å². The van der Waals surface area contributed by atoms with Crippen molar-refractivity contribution in [2.45, 2.75) is 51.9 Å². The van der Waals surface area contributed by atoms with E-state index in [1.54, 1.807) is 0 Å². The maximum Gasteiger partial charge on any atom is 0.138 e. The number of rotatable bonds is 2. The average molecular weight is 338 g/mol. The molecule has 1 heterocycles. The third-order valence-corrected chi connectivity index (χ3v) is 7.48. The van der Waals surface area contributed by atoms with Gasteiger partial charge in [0.05, 0.1) is 11.0 Å². The van der Waals surface area contributed by atoms with Gasteiger partial charge in [0.1, 0.15) is 5.57 Å². The molecule has 0 unspecified atom stereocenters. The highest BCUT2D eigenvalue weighted by atomic mass is 31.1. The van der Waals surface area contributed by atoms with E-state index in [0.717, 1.165) is 5.52 Å². The molecular formula is C21H27N2P. The van der Waals surface area contributed by atoms with Gasteiger partial charge in [-0.05, 0) is 42.5 Å². The van der Waals surface area contributed by atoms with Crippen molar-refractivity contribution in [3.63, 3.8) is 0 Å². The van der Waals surface area contributed by atoms with Gasteiger partial charge in [0, 0.05) is 5.69 Å². The summed E-state index contributed by atoms with van der Waals surface area (Å²) in [5.41, 5.74) is 4.69. The van der Waals surface area contributed by atoms with Crippen LogP contribution in [0.4, 0.5) is 0 Å². The third-order valence-electron chi connectivity index (χ3n) is 4.10. The first-order valence-corrected chi connectivity index (χ1v) is 9.87. The van der Waals surface area contributed by atoms with Crippen molar-refractivity contribution in [3.05, 3.63) is 54.6 Å². The van der Waals surface area contributed by atoms with Gasteiger partial charge in [-0.2, -0.15) is 0 Å². The van der Waals surface area contributed by atoms with Crippen LogP contribution in [-0.2, 0) is 0 Å². The van der Waals surface area contributed by atoms with E-state index in [0.29, 0.717) is 0 Å². The Hall–Kier alpha value is -1.66. The Balaban J connectivity index is 2.35. The van der Waals surface area contributed by atoms with Gasteiger partial charge >= 0.3 is 0 Å². The van der Waals surface area contributed by atoms with Gasteiger partial charge in [0.25, 0.3) is 0 Å². The number of hydrogen-bond donors (Lipinski definition) is 0. The van der Waals surface area contributed by atoms with Crippen LogP contribution in [-0.4, -0.2) is 19.9 Å². The van der Waals surface area contributed by atoms with E-state index in [2.05, 4.69) is 101 Å². The Bertz CT molecular complexity index is 822. The molecular weight excluding hydrogens is 311 g/mol. The normalized spacial score (nSPS) is 13.0. The summed E-state index contributed by atoms with van der Waals surface area (Å²) >= 11 is 0. The second kappa shape index (κ2) is 6.01. The Labute approximate surface area is 146 Å². The second-order valence-corrected chi connectivity index (χ2v) is 12.0. The predicted octanol–water partition coefficient (Wildman–Crippen LogP) is 5.73. The van der Waals surface area contributed by atoms with Crippen molar-refractivity contribution in [1.82, 2.24) is 9.55 Å². The highest BCUT2D eigenvalue weighted by Crippen LogP contribution is 2.58. The van der Waals surface area contributed by atoms with Gasteiger partial charge in [-0.15, -0.1) is 0 Å². The van der Waals surface area contributed by atoms with Crippen molar-refractivity contribution >= 4 is 24.5 Å². The summed E-state index contributed by atoms with van der Waals surface area (Å²) in [5, 5.41) is 0.364. The van der Waals surface area contributed by atoms with Crippen molar-refractivity contribution in [2.75, 3.05) is 0 Å². The smallest absolute Gasteiger partial charge is 0.138 e. The van der Waals surface area contributed by atoms with Crippen LogP contribution in [0.25, 0.3) is 16.7 Å². The number of imidazole rings is 1. The summed E-state index contributed by atoms with van der Waals surface area (Å²) in [6, 6.07) is 19.1. The van der Waals surface area contributed by atoms with Crippen LogP contribution in [0.3, 0.4) is 0 Å². The molecule has 3 rings (SSSR count). The second-order valence-electron chi connectivity index (χ2n) is 8.25. The minimum Gasteiger partial charge on any atom is -0.293 e. The standard InChI is InChI=1S/C21H27N2P/c1-20(2,3)24(21(4,5)6)19-22-17-14-10-11-15-18(17)23(19)16-12-8-7-9-13-16/h7-15H,1-6H3. The summed E-state index contributed by atoms with van der Waals surface area (Å²) in [4.78, 5) is 5.11. The van der Waals surface area contributed by atoms with E-state index < -0.39 is 7.92 Å². The minimum atomic E-state index is -0.477. The molecule has 24 heavy (non-hydrogen) atoms. The fourth-order valence-corrected chi connectivity index (χ4v) is 7.44. The number of aromatic nitrogens is 2. The molecule has 0 spiro atoms. The van der Waals surface area contributed by atoms with Crippen LogP contribution in [0.15, 0.2) is 54.6 Å². The molecule has 3 heteroatoms. The molecule has 0 saturated carbocycles. The number of fused-ring (bicyclic) bond motifs is 1. The van der Waals surface area contributed by atoms with Crippen LogP contribution in [0, 0.1) is 0 Å². The van der Waals surface area contributed by atoms with Crippen LogP contribution in [0.5, 0.6) is 0 Å². The van der Waals surface area contributed by atoms with E-state index in [9.17, 15) is 0 Å². The van der Waals surface area contributed by atoms with Crippen LogP contribution in [0.2, 0.25) is 0 Å². The van der Waals surface area contributed by atoms with Gasteiger partial charge in [-0.3, -0.25) is 4.57 Å². The predicted molar refractivity (Wildman–Crippen MR) is 107 cm³/mol. The van der Waals surface area contributed by atoms with Crippen molar-refractivity contribution in [3.8, 4) is 5.69 Å². The molecule has 0 radical (unpaired) electrons. The number of benzene rings is 2. The zero-order chi connectivity index (χ0) is 17.5. The quantitative estimate of drug-likeness (QED) is 0.546. The lowest BCUT2D eigenvalue weighted by Gasteiger charge is -2.40. The molecule has 0 aliphatic rings. The Kier molecular flexibility index (Phi) is 4.30. The number of hydrogen-bond acceptors (Lipinski definition) is 1. The SMILES string of the molecule is CC(C)(C)P(c1nc2ccccc2n1-c1ccccc1)C(C)(C)C. The zero-order valence-corrected chi connectivity index (χ0v) is 16.4. The zero-order valence-electron chi connectivity index (χ0n) is 15.5. The van der Waals surface area contributed by atoms with E-state index >= 15 is 0 Å². The minimum absolute atomic E-state index is 0.182. The maximum atomic E-state index is 5.11. The van der Waals surface area contributed by atoms with E-state index in [4.69, 9.17) is 4.98 Å². The molecule has 0 aliphatic heterocycles. The number of nitrogens with zero attached hydrogens (tertiary/aromatic N) is 2. The highest BCUT2D eigenvalue weighted by molar-refractivity contribution is 7.68. The molecule has 0 aliphatic carbocycles. The monoisotopic (exact) mass is 338 g/mol. The summed E-state index contributed by atoms with van der Waals surface area (Å²) in [5.74, 6) is 0. The lowest BCUT2D eigenvalue weighted by atomic mass is 10.2. The Morgan fingerprint density at radius 1 is 0.750 bits per heavy atom. The molecule has 0 bridgehead atoms. The molecule has 2 nitrogen and oxygen atoms in total. The van der Waals surface area contributed by atoms with Gasteiger partial charge in [-0.25, -0.2) is 4.98 Å². The van der Waals surface area contributed by atoms with E-state index in [1.165, 1.54) is 16.8 Å². The molecule has 1 aromatic heterocycles. The largest absolute Gasteiger partial charge is 0.293 e. The van der Waals surface area contributed by atoms with Crippen molar-refractivity contribution in [2.24, 2.45) is 0 Å². The molecule has 0 atom stereocenters. The van der Waals surface area contributed by atoms with E-state index in [-0.39, 0.29) is 10.3 Å². The summed E-state index contributed by atoms with van der Waals surface area (Å²) in [7, 11) is -0.477. The lowest BCUT2D eigenvalue weighted by Crippen LogP contribution is -2.35. The summed E-state index contributed by atoms with van der Waals surface area (Å²) < 4.78 is 2.37. The lowest BCUT2D eigenvalue weighted by molar-refractivity contribution is 0.711. The summed E-state index contributed by atoms with van der Waals surface area (Å²) in [6.07, 6.45) is 0. The fraction of sp³-hybridized carbons (Fsp3) is 0.381. The van der Waals surface area contributed by atoms with Crippen LogP contribution < -0.4 is 5.57 Å². The molecule has 0 fully saturated rings. The topological polar surface area (TPSA) is 17.8 Å². The van der Waals surface area contributed by atoms with Gasteiger partial charge < -0.3 is 0 Å².